The lowest BCUT2D eigenvalue weighted by molar-refractivity contribution is 0.834. The maximum atomic E-state index is 11.3. The lowest BCUT2D eigenvalue weighted by atomic mass is 10.1. The number of hydroxylamine groups is 1. The summed E-state index contributed by atoms with van der Waals surface area (Å²) in [5.74, 6) is 0. The minimum atomic E-state index is 0.340. The summed E-state index contributed by atoms with van der Waals surface area (Å²) in [5.41, 5.74) is 0.924. The summed E-state index contributed by atoms with van der Waals surface area (Å²) in [5, 5.41) is 21.5. The Kier molecular flexibility index (Phi) is 1.75. The SMILES string of the molecule is N#CCC1=c2ccccc2=[N+]([O-])C1. The highest BCUT2D eigenvalue weighted by Crippen LogP contribution is 2.00. The molecule has 0 saturated carbocycles. The number of nitrogens with zero attached hydrogens (tertiary/aromatic N) is 2. The summed E-state index contributed by atoms with van der Waals surface area (Å²) in [4.78, 5) is 0. The standard InChI is InChI=1S/C10H8N2O/c11-6-5-8-7-12(13)10-4-2-1-3-9(8)10/h1-4H,5,7H2. The summed E-state index contributed by atoms with van der Waals surface area (Å²) in [6.07, 6.45) is 0.343. The average Bonchev–Trinajstić information content (AvgIpc) is 2.46. The molecule has 2 rings (SSSR count). The molecule has 0 fully saturated rings. The third-order valence-electron chi connectivity index (χ3n) is 2.18. The molecule has 64 valence electrons. The Balaban J connectivity index is 2.74. The lowest BCUT2D eigenvalue weighted by Gasteiger charge is -1.96. The Morgan fingerprint density at radius 2 is 2.23 bits per heavy atom. The van der Waals surface area contributed by atoms with E-state index in [0.717, 1.165) is 15.5 Å². The second kappa shape index (κ2) is 2.91. The monoisotopic (exact) mass is 172 g/mol. The van der Waals surface area contributed by atoms with E-state index in [2.05, 4.69) is 6.07 Å². The van der Waals surface area contributed by atoms with Crippen molar-refractivity contribution < 1.29 is 0 Å². The van der Waals surface area contributed by atoms with Crippen molar-refractivity contribution in [2.24, 2.45) is 0 Å². The Labute approximate surface area is 75.4 Å². The van der Waals surface area contributed by atoms with Gasteiger partial charge in [-0.15, -0.1) is 0 Å². The summed E-state index contributed by atoms with van der Waals surface area (Å²) < 4.78 is 0.933. The van der Waals surface area contributed by atoms with Gasteiger partial charge in [0.05, 0.1) is 17.7 Å². The fraction of sp³-hybridized carbons (Fsp3) is 0.200. The molecule has 1 heterocycles. The van der Waals surface area contributed by atoms with E-state index in [1.54, 1.807) is 6.07 Å². The number of nitriles is 1. The Morgan fingerprint density at radius 1 is 1.46 bits per heavy atom. The van der Waals surface area contributed by atoms with Gasteiger partial charge in [-0.05, 0) is 6.07 Å². The van der Waals surface area contributed by atoms with E-state index in [0.29, 0.717) is 18.3 Å². The predicted molar refractivity (Wildman–Crippen MR) is 48.8 cm³/mol. The minimum Gasteiger partial charge on any atom is -0.623 e. The molecule has 0 unspecified atom stereocenters. The van der Waals surface area contributed by atoms with Gasteiger partial charge in [-0.25, -0.2) is 4.74 Å². The minimum absolute atomic E-state index is 0.340. The molecule has 13 heavy (non-hydrogen) atoms. The van der Waals surface area contributed by atoms with Gasteiger partial charge in [-0.1, -0.05) is 12.1 Å². The van der Waals surface area contributed by atoms with Crippen LogP contribution >= 0.6 is 0 Å². The van der Waals surface area contributed by atoms with Gasteiger partial charge < -0.3 is 5.21 Å². The molecule has 0 amide bonds. The Bertz CT molecular complexity index is 496. The summed E-state index contributed by atoms with van der Waals surface area (Å²) in [7, 11) is 0. The molecule has 0 aliphatic carbocycles. The van der Waals surface area contributed by atoms with Gasteiger partial charge in [0, 0.05) is 11.6 Å². The van der Waals surface area contributed by atoms with Gasteiger partial charge in [0.15, 0.2) is 6.54 Å². The van der Waals surface area contributed by atoms with Crippen LogP contribution in [0, 0.1) is 16.5 Å². The second-order valence-electron chi connectivity index (χ2n) is 2.99. The number of hydrogen-bond donors (Lipinski definition) is 0. The molecule has 0 aromatic heterocycles. The first-order valence-corrected chi connectivity index (χ1v) is 4.08. The first-order chi connectivity index (χ1) is 6.33. The summed E-state index contributed by atoms with van der Waals surface area (Å²) in [6.45, 7) is 0.340. The summed E-state index contributed by atoms with van der Waals surface area (Å²) in [6, 6.07) is 9.46. The average molecular weight is 172 g/mol. The molecule has 0 radical (unpaired) electrons. The largest absolute Gasteiger partial charge is 0.623 e. The number of rotatable bonds is 1. The van der Waals surface area contributed by atoms with E-state index < -0.39 is 0 Å². The van der Waals surface area contributed by atoms with Crippen molar-refractivity contribution in [3.8, 4) is 6.07 Å². The van der Waals surface area contributed by atoms with Crippen LogP contribution in [0.2, 0.25) is 0 Å². The van der Waals surface area contributed by atoms with Crippen LogP contribution in [0.3, 0.4) is 0 Å². The van der Waals surface area contributed by atoms with Gasteiger partial charge in [0.2, 0.25) is 5.36 Å². The highest BCUT2D eigenvalue weighted by atomic mass is 16.5. The van der Waals surface area contributed by atoms with Gasteiger partial charge in [-0.2, -0.15) is 5.26 Å². The molecule has 1 aromatic rings. The Hall–Kier alpha value is -1.82. The van der Waals surface area contributed by atoms with Gasteiger partial charge in [0.1, 0.15) is 0 Å². The number of benzene rings is 1. The lowest BCUT2D eigenvalue weighted by Crippen LogP contribution is -2.29. The normalized spacial score (nSPS) is 14.1. The molecule has 0 N–H and O–H groups in total. The fourth-order valence-electron chi connectivity index (χ4n) is 1.58. The second-order valence-corrected chi connectivity index (χ2v) is 2.99. The molecule has 1 aliphatic heterocycles. The van der Waals surface area contributed by atoms with Crippen LogP contribution in [0.4, 0.5) is 0 Å². The van der Waals surface area contributed by atoms with E-state index in [4.69, 9.17) is 5.26 Å². The van der Waals surface area contributed by atoms with Crippen LogP contribution < -0.4 is 15.3 Å². The third-order valence-corrected chi connectivity index (χ3v) is 2.18. The molecule has 0 saturated heterocycles. The molecular formula is C10H8N2O. The smallest absolute Gasteiger partial charge is 0.218 e. The zero-order valence-electron chi connectivity index (χ0n) is 7.03. The van der Waals surface area contributed by atoms with E-state index in [1.165, 1.54) is 0 Å². The van der Waals surface area contributed by atoms with Crippen LogP contribution in [0.5, 0.6) is 0 Å². The van der Waals surface area contributed by atoms with E-state index in [9.17, 15) is 5.21 Å². The first-order valence-electron chi connectivity index (χ1n) is 4.08. The fourth-order valence-corrected chi connectivity index (χ4v) is 1.58. The molecule has 0 spiro atoms. The number of para-hydroxylation sites is 1. The highest BCUT2D eigenvalue weighted by Gasteiger charge is 2.13. The van der Waals surface area contributed by atoms with Crippen LogP contribution in [0.15, 0.2) is 24.3 Å². The molecule has 0 atom stereocenters. The third kappa shape index (κ3) is 1.17. The topological polar surface area (TPSA) is 49.9 Å². The first kappa shape index (κ1) is 7.81. The van der Waals surface area contributed by atoms with E-state index >= 15 is 0 Å². The molecule has 3 nitrogen and oxygen atoms in total. The molecule has 1 aliphatic rings. The molecular weight excluding hydrogens is 164 g/mol. The molecule has 0 bridgehead atoms. The predicted octanol–water partition coefficient (Wildman–Crippen LogP) is -0.247. The van der Waals surface area contributed by atoms with Crippen LogP contribution in [-0.2, 0) is 0 Å². The zero-order chi connectivity index (χ0) is 9.26. The van der Waals surface area contributed by atoms with Gasteiger partial charge >= 0.3 is 0 Å². The van der Waals surface area contributed by atoms with Crippen molar-refractivity contribution in [2.45, 2.75) is 6.42 Å². The number of fused-ring (bicyclic) bond motifs is 1. The quantitative estimate of drug-likeness (QED) is 0.433. The van der Waals surface area contributed by atoms with Crippen LogP contribution in [0.25, 0.3) is 5.57 Å². The van der Waals surface area contributed by atoms with Crippen molar-refractivity contribution in [3.05, 3.63) is 40.0 Å². The Morgan fingerprint density at radius 3 is 3.00 bits per heavy atom. The van der Waals surface area contributed by atoms with Crippen LogP contribution in [0.1, 0.15) is 6.42 Å². The molecule has 3 heteroatoms. The van der Waals surface area contributed by atoms with E-state index in [-0.39, 0.29) is 0 Å². The number of hydrogen-bond acceptors (Lipinski definition) is 2. The van der Waals surface area contributed by atoms with E-state index in [1.807, 2.05) is 18.2 Å². The maximum absolute atomic E-state index is 11.3. The van der Waals surface area contributed by atoms with Gasteiger partial charge in [-0.3, -0.25) is 0 Å². The molecule has 1 aromatic carbocycles. The van der Waals surface area contributed by atoms with Crippen LogP contribution in [-0.4, -0.2) is 6.54 Å². The van der Waals surface area contributed by atoms with Crippen molar-refractivity contribution in [1.82, 2.24) is 4.74 Å². The van der Waals surface area contributed by atoms with Crippen molar-refractivity contribution in [1.29, 1.82) is 5.26 Å². The maximum Gasteiger partial charge on any atom is 0.218 e. The zero-order valence-corrected chi connectivity index (χ0v) is 7.03. The highest BCUT2D eigenvalue weighted by molar-refractivity contribution is 5.51. The van der Waals surface area contributed by atoms with Crippen molar-refractivity contribution >= 4 is 5.57 Å². The van der Waals surface area contributed by atoms with Crippen molar-refractivity contribution in [2.75, 3.05) is 6.54 Å². The summed E-state index contributed by atoms with van der Waals surface area (Å²) >= 11 is 0. The van der Waals surface area contributed by atoms with Gasteiger partial charge in [0.25, 0.3) is 0 Å². The van der Waals surface area contributed by atoms with Crippen molar-refractivity contribution in [3.63, 3.8) is 0 Å².